The number of nitrogens with zero attached hydrogens (tertiary/aromatic N) is 3. The lowest BCUT2D eigenvalue weighted by Crippen LogP contribution is -2.44. The molecule has 2 fully saturated rings. The molecule has 2 rings (SSSR count). The van der Waals surface area contributed by atoms with Crippen molar-refractivity contribution < 1.29 is 4.79 Å². The standard InChI is InChI=1S/C18H36N6O/c1-3-19-18(22-10-9-20-17(25)16-6-7-16)21-8-4-5-11-24-14-12-23(2)13-15-24/h16H,3-15H2,1-2H3,(H,20,25)(H2,19,21,22). The topological polar surface area (TPSA) is 72.0 Å². The number of unbranched alkanes of at least 4 members (excludes halogenated alkanes) is 1. The molecule has 1 saturated heterocycles. The number of hydrogen-bond donors (Lipinski definition) is 3. The first-order chi connectivity index (χ1) is 12.2. The van der Waals surface area contributed by atoms with Gasteiger partial charge >= 0.3 is 0 Å². The maximum atomic E-state index is 11.6. The van der Waals surface area contributed by atoms with Gasteiger partial charge in [-0.05, 0) is 46.2 Å². The van der Waals surface area contributed by atoms with Gasteiger partial charge in [0.15, 0.2) is 5.96 Å². The third-order valence-corrected chi connectivity index (χ3v) is 4.76. The van der Waals surface area contributed by atoms with Crippen molar-refractivity contribution in [1.29, 1.82) is 0 Å². The molecule has 1 aliphatic heterocycles. The molecule has 0 unspecified atom stereocenters. The van der Waals surface area contributed by atoms with Gasteiger partial charge in [0, 0.05) is 58.3 Å². The molecule has 0 bridgehead atoms. The highest BCUT2D eigenvalue weighted by atomic mass is 16.2. The Labute approximate surface area is 152 Å². The minimum absolute atomic E-state index is 0.202. The summed E-state index contributed by atoms with van der Waals surface area (Å²) in [6, 6.07) is 0. The van der Waals surface area contributed by atoms with Gasteiger partial charge < -0.3 is 25.8 Å². The average Bonchev–Trinajstić information content (AvgIpc) is 3.45. The van der Waals surface area contributed by atoms with Gasteiger partial charge in [0.2, 0.25) is 5.91 Å². The van der Waals surface area contributed by atoms with E-state index in [0.29, 0.717) is 13.1 Å². The van der Waals surface area contributed by atoms with Crippen molar-refractivity contribution in [2.24, 2.45) is 10.9 Å². The molecule has 1 aliphatic carbocycles. The molecule has 0 aromatic heterocycles. The Morgan fingerprint density at radius 3 is 2.44 bits per heavy atom. The summed E-state index contributed by atoms with van der Waals surface area (Å²) in [5.74, 6) is 1.33. The third-order valence-electron chi connectivity index (χ3n) is 4.76. The second kappa shape index (κ2) is 11.3. The number of piperazine rings is 1. The van der Waals surface area contributed by atoms with Gasteiger partial charge in [-0.2, -0.15) is 0 Å². The van der Waals surface area contributed by atoms with E-state index in [4.69, 9.17) is 0 Å². The van der Waals surface area contributed by atoms with Crippen LogP contribution in [0.25, 0.3) is 0 Å². The van der Waals surface area contributed by atoms with Crippen molar-refractivity contribution in [1.82, 2.24) is 25.8 Å². The van der Waals surface area contributed by atoms with Crippen LogP contribution in [0.3, 0.4) is 0 Å². The molecular weight excluding hydrogens is 316 g/mol. The van der Waals surface area contributed by atoms with E-state index in [2.05, 4.69) is 44.7 Å². The molecule has 0 aromatic rings. The Balaban J connectivity index is 1.52. The molecule has 0 atom stereocenters. The minimum Gasteiger partial charge on any atom is -0.357 e. The third kappa shape index (κ3) is 8.54. The van der Waals surface area contributed by atoms with Gasteiger partial charge in [-0.3, -0.25) is 9.79 Å². The van der Waals surface area contributed by atoms with E-state index in [-0.39, 0.29) is 11.8 Å². The van der Waals surface area contributed by atoms with Crippen molar-refractivity contribution in [3.05, 3.63) is 0 Å². The van der Waals surface area contributed by atoms with E-state index in [1.807, 2.05) is 0 Å². The molecule has 1 heterocycles. The number of hydrogen-bond acceptors (Lipinski definition) is 4. The summed E-state index contributed by atoms with van der Waals surface area (Å²) in [6.07, 6.45) is 4.42. The molecule has 144 valence electrons. The van der Waals surface area contributed by atoms with Gasteiger partial charge in [0.1, 0.15) is 0 Å². The maximum absolute atomic E-state index is 11.6. The zero-order chi connectivity index (χ0) is 17.9. The van der Waals surface area contributed by atoms with Crippen molar-refractivity contribution in [2.45, 2.75) is 32.6 Å². The number of likely N-dealkylation sites (N-methyl/N-ethyl adjacent to an activating group) is 1. The second-order valence-electron chi connectivity index (χ2n) is 7.10. The molecule has 0 aromatic carbocycles. The van der Waals surface area contributed by atoms with Crippen molar-refractivity contribution in [3.8, 4) is 0 Å². The van der Waals surface area contributed by atoms with Crippen LogP contribution in [0, 0.1) is 5.92 Å². The minimum atomic E-state index is 0.202. The molecule has 7 heteroatoms. The highest BCUT2D eigenvalue weighted by Gasteiger charge is 2.28. The Morgan fingerprint density at radius 2 is 1.76 bits per heavy atom. The van der Waals surface area contributed by atoms with Crippen LogP contribution in [0.1, 0.15) is 32.6 Å². The van der Waals surface area contributed by atoms with Crippen molar-refractivity contribution in [3.63, 3.8) is 0 Å². The Kier molecular flexibility index (Phi) is 9.04. The predicted molar refractivity (Wildman–Crippen MR) is 103 cm³/mol. The molecule has 1 amide bonds. The van der Waals surface area contributed by atoms with Crippen LogP contribution in [0.2, 0.25) is 0 Å². The number of aliphatic imine (C=N–C) groups is 1. The number of nitrogens with one attached hydrogen (secondary N) is 3. The summed E-state index contributed by atoms with van der Waals surface area (Å²) in [6.45, 7) is 11.1. The van der Waals surface area contributed by atoms with Gasteiger partial charge in [-0.25, -0.2) is 0 Å². The Hall–Kier alpha value is -1.34. The van der Waals surface area contributed by atoms with Gasteiger partial charge in [-0.15, -0.1) is 0 Å². The molecule has 0 radical (unpaired) electrons. The summed E-state index contributed by atoms with van der Waals surface area (Å²) in [7, 11) is 2.19. The predicted octanol–water partition coefficient (Wildman–Crippen LogP) is 0.0953. The lowest BCUT2D eigenvalue weighted by atomic mass is 10.2. The SMILES string of the molecule is CCNC(=NCCCCN1CCN(C)CC1)NCCNC(=O)C1CC1. The zero-order valence-corrected chi connectivity index (χ0v) is 16.0. The fourth-order valence-electron chi connectivity index (χ4n) is 2.91. The number of carbonyl (C=O) groups is 1. The average molecular weight is 353 g/mol. The molecule has 2 aliphatic rings. The van der Waals surface area contributed by atoms with Crippen LogP contribution in [0.5, 0.6) is 0 Å². The van der Waals surface area contributed by atoms with Crippen LogP contribution in [-0.2, 0) is 4.79 Å². The first kappa shape index (κ1) is 20.0. The largest absolute Gasteiger partial charge is 0.357 e. The summed E-state index contributed by atoms with van der Waals surface area (Å²) < 4.78 is 0. The van der Waals surface area contributed by atoms with E-state index < -0.39 is 0 Å². The lowest BCUT2D eigenvalue weighted by Gasteiger charge is -2.32. The number of guanidine groups is 1. The highest BCUT2D eigenvalue weighted by Crippen LogP contribution is 2.28. The number of rotatable bonds is 10. The van der Waals surface area contributed by atoms with E-state index in [1.54, 1.807) is 0 Å². The normalized spacial score (nSPS) is 19.7. The van der Waals surface area contributed by atoms with E-state index in [1.165, 1.54) is 39.1 Å². The van der Waals surface area contributed by atoms with Gasteiger partial charge in [0.25, 0.3) is 0 Å². The van der Waals surface area contributed by atoms with Crippen LogP contribution >= 0.6 is 0 Å². The zero-order valence-electron chi connectivity index (χ0n) is 16.0. The van der Waals surface area contributed by atoms with Crippen LogP contribution in [-0.4, -0.2) is 87.6 Å². The molecule has 7 nitrogen and oxygen atoms in total. The quantitative estimate of drug-likeness (QED) is 0.295. The van der Waals surface area contributed by atoms with Crippen LogP contribution < -0.4 is 16.0 Å². The van der Waals surface area contributed by atoms with Gasteiger partial charge in [-0.1, -0.05) is 0 Å². The maximum Gasteiger partial charge on any atom is 0.223 e. The van der Waals surface area contributed by atoms with E-state index in [9.17, 15) is 4.79 Å². The number of carbonyl (C=O) groups excluding carboxylic acids is 1. The van der Waals surface area contributed by atoms with Crippen molar-refractivity contribution >= 4 is 11.9 Å². The first-order valence-electron chi connectivity index (χ1n) is 9.90. The summed E-state index contributed by atoms with van der Waals surface area (Å²) in [4.78, 5) is 21.1. The molecule has 25 heavy (non-hydrogen) atoms. The van der Waals surface area contributed by atoms with E-state index >= 15 is 0 Å². The molecule has 1 saturated carbocycles. The molecular formula is C18H36N6O. The van der Waals surface area contributed by atoms with E-state index in [0.717, 1.165) is 38.3 Å². The lowest BCUT2D eigenvalue weighted by molar-refractivity contribution is -0.122. The highest BCUT2D eigenvalue weighted by molar-refractivity contribution is 5.81. The summed E-state index contributed by atoms with van der Waals surface area (Å²) in [5.41, 5.74) is 0. The summed E-state index contributed by atoms with van der Waals surface area (Å²) in [5, 5.41) is 9.51. The fourth-order valence-corrected chi connectivity index (χ4v) is 2.91. The van der Waals surface area contributed by atoms with Crippen molar-refractivity contribution in [2.75, 3.05) is 66.0 Å². The first-order valence-corrected chi connectivity index (χ1v) is 9.90. The Morgan fingerprint density at radius 1 is 1.04 bits per heavy atom. The number of amides is 1. The molecule has 0 spiro atoms. The van der Waals surface area contributed by atoms with Gasteiger partial charge in [0.05, 0.1) is 0 Å². The van der Waals surface area contributed by atoms with Crippen LogP contribution in [0.15, 0.2) is 4.99 Å². The monoisotopic (exact) mass is 352 g/mol. The second-order valence-corrected chi connectivity index (χ2v) is 7.10. The smallest absolute Gasteiger partial charge is 0.223 e. The molecule has 3 N–H and O–H groups in total. The Bertz CT molecular complexity index is 416. The van der Waals surface area contributed by atoms with Crippen LogP contribution in [0.4, 0.5) is 0 Å². The summed E-state index contributed by atoms with van der Waals surface area (Å²) >= 11 is 0. The fraction of sp³-hybridized carbons (Fsp3) is 0.889.